The quantitative estimate of drug-likeness (QED) is 0.694. The van der Waals surface area contributed by atoms with Crippen LogP contribution >= 0.6 is 11.6 Å². The minimum absolute atomic E-state index is 0.537. The van der Waals surface area contributed by atoms with Crippen LogP contribution in [0.4, 0.5) is 0 Å². The van der Waals surface area contributed by atoms with Crippen LogP contribution < -0.4 is 4.74 Å². The van der Waals surface area contributed by atoms with E-state index >= 15 is 0 Å². The monoisotopic (exact) mass is 260 g/mol. The average molecular weight is 261 g/mol. The molecule has 0 atom stereocenters. The molecule has 0 amide bonds. The first-order valence-corrected chi connectivity index (χ1v) is 6.55. The van der Waals surface area contributed by atoms with Crippen LogP contribution in [0.3, 0.4) is 0 Å². The molecule has 0 spiro atoms. The Bertz CT molecular complexity index is 561. The molecule has 0 aliphatic carbocycles. The van der Waals surface area contributed by atoms with E-state index < -0.39 is 0 Å². The minimum atomic E-state index is 0.537. The highest BCUT2D eigenvalue weighted by Gasteiger charge is 2.05. The number of hydrogen-bond donors (Lipinski definition) is 0. The van der Waals surface area contributed by atoms with Crippen molar-refractivity contribution < 1.29 is 4.74 Å². The summed E-state index contributed by atoms with van der Waals surface area (Å²) in [5.41, 5.74) is 4.72. The maximum absolute atomic E-state index is 5.93. The van der Waals surface area contributed by atoms with Crippen molar-refractivity contribution in [3.8, 4) is 11.5 Å². The summed E-state index contributed by atoms with van der Waals surface area (Å²) in [4.78, 5) is 0. The van der Waals surface area contributed by atoms with E-state index in [-0.39, 0.29) is 0 Å². The van der Waals surface area contributed by atoms with Crippen molar-refractivity contribution >= 4 is 11.6 Å². The normalized spacial score (nSPS) is 10.4. The summed E-state index contributed by atoms with van der Waals surface area (Å²) in [6.07, 6.45) is 0. The molecule has 0 aliphatic rings. The number of hydrogen-bond acceptors (Lipinski definition) is 1. The molecule has 2 heteroatoms. The molecule has 1 nitrogen and oxygen atoms in total. The molecule has 0 aromatic heterocycles. The van der Waals surface area contributed by atoms with E-state index in [9.17, 15) is 0 Å². The van der Waals surface area contributed by atoms with Crippen LogP contribution in [0.5, 0.6) is 11.5 Å². The van der Waals surface area contributed by atoms with Gasteiger partial charge in [-0.3, -0.25) is 0 Å². The summed E-state index contributed by atoms with van der Waals surface area (Å²) in [5, 5.41) is 0. The topological polar surface area (TPSA) is 9.23 Å². The standard InChI is InChI=1S/C16H17ClO/c1-11-5-4-6-16(13(11)3)18-15-8-7-14(10-17)12(2)9-15/h4-9H,10H2,1-3H3. The first-order chi connectivity index (χ1) is 8.61. The Balaban J connectivity index is 2.29. The van der Waals surface area contributed by atoms with Gasteiger partial charge in [0.05, 0.1) is 0 Å². The van der Waals surface area contributed by atoms with Crippen molar-refractivity contribution in [3.63, 3.8) is 0 Å². The number of aryl methyl sites for hydroxylation is 2. The molecule has 0 fully saturated rings. The second kappa shape index (κ2) is 5.45. The third-order valence-corrected chi connectivity index (χ3v) is 3.53. The van der Waals surface area contributed by atoms with Gasteiger partial charge in [0.15, 0.2) is 0 Å². The number of ether oxygens (including phenoxy) is 1. The molecule has 18 heavy (non-hydrogen) atoms. The predicted molar refractivity (Wildman–Crippen MR) is 76.7 cm³/mol. The van der Waals surface area contributed by atoms with Crippen molar-refractivity contribution in [2.24, 2.45) is 0 Å². The molecule has 0 N–H and O–H groups in total. The molecular formula is C16H17ClO. The Morgan fingerprint density at radius 2 is 1.78 bits per heavy atom. The molecule has 2 rings (SSSR count). The van der Waals surface area contributed by atoms with Crippen molar-refractivity contribution in [2.45, 2.75) is 26.7 Å². The number of rotatable bonds is 3. The van der Waals surface area contributed by atoms with Crippen molar-refractivity contribution in [3.05, 3.63) is 58.7 Å². The maximum Gasteiger partial charge on any atom is 0.130 e. The van der Waals surface area contributed by atoms with E-state index in [2.05, 4.69) is 19.9 Å². The highest BCUT2D eigenvalue weighted by Crippen LogP contribution is 2.28. The molecule has 0 bridgehead atoms. The van der Waals surface area contributed by atoms with Crippen LogP contribution in [-0.4, -0.2) is 0 Å². The fourth-order valence-corrected chi connectivity index (χ4v) is 2.14. The fraction of sp³-hybridized carbons (Fsp3) is 0.250. The van der Waals surface area contributed by atoms with E-state index in [1.165, 1.54) is 11.1 Å². The van der Waals surface area contributed by atoms with E-state index in [4.69, 9.17) is 16.3 Å². The van der Waals surface area contributed by atoms with Gasteiger partial charge in [0.2, 0.25) is 0 Å². The molecule has 0 saturated carbocycles. The third kappa shape index (κ3) is 2.68. The molecule has 2 aromatic carbocycles. The summed E-state index contributed by atoms with van der Waals surface area (Å²) in [5.74, 6) is 2.30. The zero-order valence-electron chi connectivity index (χ0n) is 11.0. The highest BCUT2D eigenvalue weighted by molar-refractivity contribution is 6.17. The van der Waals surface area contributed by atoms with Gasteiger partial charge >= 0.3 is 0 Å². The van der Waals surface area contributed by atoms with E-state index in [0.29, 0.717) is 5.88 Å². The van der Waals surface area contributed by atoms with Gasteiger partial charge in [-0.05, 0) is 61.2 Å². The summed E-state index contributed by atoms with van der Waals surface area (Å²) in [6.45, 7) is 6.21. The van der Waals surface area contributed by atoms with Gasteiger partial charge in [-0.2, -0.15) is 0 Å². The summed E-state index contributed by atoms with van der Waals surface area (Å²) >= 11 is 5.85. The summed E-state index contributed by atoms with van der Waals surface area (Å²) in [6, 6.07) is 12.1. The summed E-state index contributed by atoms with van der Waals surface area (Å²) < 4.78 is 5.93. The first-order valence-electron chi connectivity index (χ1n) is 6.01. The number of halogens is 1. The zero-order valence-corrected chi connectivity index (χ0v) is 11.7. The first kappa shape index (κ1) is 13.0. The Kier molecular flexibility index (Phi) is 3.93. The van der Waals surface area contributed by atoms with Crippen LogP contribution in [-0.2, 0) is 5.88 Å². The lowest BCUT2D eigenvalue weighted by atomic mass is 10.1. The lowest BCUT2D eigenvalue weighted by Crippen LogP contribution is -1.91. The molecule has 0 aliphatic heterocycles. The van der Waals surface area contributed by atoms with E-state index in [1.54, 1.807) is 0 Å². The minimum Gasteiger partial charge on any atom is -0.457 e. The molecule has 0 unspecified atom stereocenters. The van der Waals surface area contributed by atoms with Crippen molar-refractivity contribution in [2.75, 3.05) is 0 Å². The Morgan fingerprint density at radius 3 is 2.44 bits per heavy atom. The SMILES string of the molecule is Cc1cc(Oc2cccc(C)c2C)ccc1CCl. The molecule has 94 valence electrons. The second-order valence-corrected chi connectivity index (χ2v) is 4.79. The van der Waals surface area contributed by atoms with Gasteiger partial charge in [-0.25, -0.2) is 0 Å². The Hall–Kier alpha value is -1.47. The molecular weight excluding hydrogens is 244 g/mol. The van der Waals surface area contributed by atoms with Gasteiger partial charge in [0, 0.05) is 5.88 Å². The van der Waals surface area contributed by atoms with Crippen LogP contribution in [0.1, 0.15) is 22.3 Å². The molecule has 0 radical (unpaired) electrons. The Morgan fingerprint density at radius 1 is 1.00 bits per heavy atom. The molecule has 2 aromatic rings. The van der Waals surface area contributed by atoms with Gasteiger partial charge in [-0.1, -0.05) is 18.2 Å². The lowest BCUT2D eigenvalue weighted by molar-refractivity contribution is 0.478. The smallest absolute Gasteiger partial charge is 0.130 e. The molecule has 0 heterocycles. The van der Waals surface area contributed by atoms with Crippen LogP contribution in [0, 0.1) is 20.8 Å². The van der Waals surface area contributed by atoms with E-state index in [0.717, 1.165) is 22.6 Å². The summed E-state index contributed by atoms with van der Waals surface area (Å²) in [7, 11) is 0. The predicted octanol–water partition coefficient (Wildman–Crippen LogP) is 5.14. The van der Waals surface area contributed by atoms with Crippen LogP contribution in [0.2, 0.25) is 0 Å². The van der Waals surface area contributed by atoms with Crippen LogP contribution in [0.25, 0.3) is 0 Å². The third-order valence-electron chi connectivity index (χ3n) is 3.24. The van der Waals surface area contributed by atoms with Gasteiger partial charge in [-0.15, -0.1) is 11.6 Å². The highest BCUT2D eigenvalue weighted by atomic mass is 35.5. The maximum atomic E-state index is 5.93. The second-order valence-electron chi connectivity index (χ2n) is 4.52. The largest absolute Gasteiger partial charge is 0.457 e. The fourth-order valence-electron chi connectivity index (χ4n) is 1.84. The number of alkyl halides is 1. The Labute approximate surface area is 113 Å². The van der Waals surface area contributed by atoms with Crippen molar-refractivity contribution in [1.82, 2.24) is 0 Å². The van der Waals surface area contributed by atoms with Gasteiger partial charge < -0.3 is 4.74 Å². The number of benzene rings is 2. The lowest BCUT2D eigenvalue weighted by Gasteiger charge is -2.12. The molecule has 0 saturated heterocycles. The van der Waals surface area contributed by atoms with Gasteiger partial charge in [0.25, 0.3) is 0 Å². The van der Waals surface area contributed by atoms with Crippen molar-refractivity contribution in [1.29, 1.82) is 0 Å². The van der Waals surface area contributed by atoms with Gasteiger partial charge in [0.1, 0.15) is 11.5 Å². The van der Waals surface area contributed by atoms with E-state index in [1.807, 2.05) is 37.3 Å². The zero-order chi connectivity index (χ0) is 13.1. The average Bonchev–Trinajstić information content (AvgIpc) is 2.35. The van der Waals surface area contributed by atoms with Crippen LogP contribution in [0.15, 0.2) is 36.4 Å².